The van der Waals surface area contributed by atoms with E-state index in [4.69, 9.17) is 16.7 Å². The van der Waals surface area contributed by atoms with Gasteiger partial charge in [-0.15, -0.1) is 0 Å². The molecule has 10 heteroatoms. The lowest BCUT2D eigenvalue weighted by Gasteiger charge is -2.14. The number of halogens is 3. The Balaban J connectivity index is 2.33. The first-order valence-electron chi connectivity index (χ1n) is 6.80. The van der Waals surface area contributed by atoms with E-state index in [1.165, 1.54) is 6.20 Å². The number of hydrogen-bond acceptors (Lipinski definition) is 5. The zero-order chi connectivity index (χ0) is 18.6. The number of anilines is 2. The summed E-state index contributed by atoms with van der Waals surface area (Å²) in [7, 11) is 0. The highest BCUT2D eigenvalue weighted by Gasteiger charge is 2.20. The van der Waals surface area contributed by atoms with Gasteiger partial charge in [-0.2, -0.15) is 0 Å². The smallest absolute Gasteiger partial charge is 0.332 e. The summed E-state index contributed by atoms with van der Waals surface area (Å²) >= 11 is 5.79. The Morgan fingerprint density at radius 1 is 1.36 bits per heavy atom. The number of hydroxylamine groups is 1. The molecule has 0 unspecified atom stereocenters. The van der Waals surface area contributed by atoms with E-state index >= 15 is 0 Å². The van der Waals surface area contributed by atoms with Gasteiger partial charge in [-0.25, -0.2) is 24.0 Å². The van der Waals surface area contributed by atoms with Crippen molar-refractivity contribution in [3.63, 3.8) is 0 Å². The minimum Gasteiger partial charge on any atom is -0.479 e. The summed E-state index contributed by atoms with van der Waals surface area (Å²) in [6.07, 6.45) is 1.30. The van der Waals surface area contributed by atoms with Crippen LogP contribution in [0.5, 0.6) is 0 Å². The first kappa shape index (κ1) is 18.6. The van der Waals surface area contributed by atoms with Crippen LogP contribution in [0.3, 0.4) is 0 Å². The molecule has 0 fully saturated rings. The number of aromatic nitrogens is 1. The standard InChI is InChI=1S/C15H12ClF2N3O4/c1-7-4-8(16)5-19-14(7)20-13-9(2-3-10(17)12(13)18)15(24)21-25-6-11(22)23/h2-5H,6H2,1H3,(H,19,20)(H,21,24)(H,22,23). The van der Waals surface area contributed by atoms with Crippen LogP contribution in [0.15, 0.2) is 24.4 Å². The Morgan fingerprint density at radius 2 is 2.08 bits per heavy atom. The van der Waals surface area contributed by atoms with Gasteiger partial charge in [0.15, 0.2) is 18.2 Å². The normalized spacial score (nSPS) is 10.4. The second-order valence-corrected chi connectivity index (χ2v) is 5.28. The van der Waals surface area contributed by atoms with Gasteiger partial charge in [-0.1, -0.05) is 11.6 Å². The zero-order valence-corrected chi connectivity index (χ0v) is 13.5. The van der Waals surface area contributed by atoms with E-state index in [0.717, 1.165) is 12.1 Å². The molecule has 1 amide bonds. The minimum atomic E-state index is -1.31. The summed E-state index contributed by atoms with van der Waals surface area (Å²) in [5.41, 5.74) is 1.59. The molecule has 2 aromatic rings. The maximum Gasteiger partial charge on any atom is 0.332 e. The van der Waals surface area contributed by atoms with Gasteiger partial charge in [0.1, 0.15) is 5.82 Å². The molecule has 0 bridgehead atoms. The van der Waals surface area contributed by atoms with Crippen LogP contribution in [0.4, 0.5) is 20.3 Å². The monoisotopic (exact) mass is 371 g/mol. The Bertz CT molecular complexity index is 833. The van der Waals surface area contributed by atoms with Crippen molar-refractivity contribution in [2.24, 2.45) is 0 Å². The van der Waals surface area contributed by atoms with Crippen LogP contribution in [-0.2, 0) is 9.63 Å². The Hall–Kier alpha value is -2.78. The predicted molar refractivity (Wildman–Crippen MR) is 84.7 cm³/mol. The van der Waals surface area contributed by atoms with Crippen LogP contribution in [0.25, 0.3) is 0 Å². The molecule has 0 aliphatic rings. The van der Waals surface area contributed by atoms with Crippen LogP contribution in [0.1, 0.15) is 15.9 Å². The van der Waals surface area contributed by atoms with Crippen molar-refractivity contribution < 1.29 is 28.3 Å². The van der Waals surface area contributed by atoms with Crippen LogP contribution in [-0.4, -0.2) is 28.6 Å². The molecule has 7 nitrogen and oxygen atoms in total. The summed E-state index contributed by atoms with van der Waals surface area (Å²) < 4.78 is 27.7. The van der Waals surface area contributed by atoms with E-state index in [1.54, 1.807) is 13.0 Å². The number of carboxylic acid groups (broad SMARTS) is 1. The van der Waals surface area contributed by atoms with Crippen LogP contribution in [0, 0.1) is 18.6 Å². The Morgan fingerprint density at radius 3 is 2.72 bits per heavy atom. The molecule has 1 aromatic heterocycles. The van der Waals surface area contributed by atoms with E-state index in [-0.39, 0.29) is 11.4 Å². The molecule has 25 heavy (non-hydrogen) atoms. The summed E-state index contributed by atoms with van der Waals surface area (Å²) in [5.74, 6) is -4.60. The molecule has 0 aliphatic heterocycles. The summed E-state index contributed by atoms with van der Waals surface area (Å²) in [5, 5.41) is 11.4. The maximum atomic E-state index is 14.2. The molecule has 0 aliphatic carbocycles. The van der Waals surface area contributed by atoms with Crippen molar-refractivity contribution in [3.8, 4) is 0 Å². The van der Waals surface area contributed by atoms with Crippen LogP contribution in [0.2, 0.25) is 5.02 Å². The zero-order valence-electron chi connectivity index (χ0n) is 12.8. The van der Waals surface area contributed by atoms with E-state index in [0.29, 0.717) is 10.6 Å². The molecule has 0 saturated heterocycles. The van der Waals surface area contributed by atoms with Crippen molar-refractivity contribution in [2.45, 2.75) is 6.92 Å². The van der Waals surface area contributed by atoms with Crippen molar-refractivity contribution >= 4 is 35.0 Å². The third-order valence-corrected chi connectivity index (χ3v) is 3.19. The lowest BCUT2D eigenvalue weighted by atomic mass is 10.1. The first-order valence-corrected chi connectivity index (χ1v) is 7.18. The first-order chi connectivity index (χ1) is 11.8. The van der Waals surface area contributed by atoms with Gasteiger partial charge in [-0.05, 0) is 30.7 Å². The predicted octanol–water partition coefficient (Wildman–Crippen LogP) is 2.81. The molecule has 0 spiro atoms. The molecular formula is C15H12ClF2N3O4. The van der Waals surface area contributed by atoms with Crippen molar-refractivity contribution in [1.82, 2.24) is 10.5 Å². The number of carbonyl (C=O) groups is 2. The fourth-order valence-corrected chi connectivity index (χ4v) is 2.08. The van der Waals surface area contributed by atoms with Crippen molar-refractivity contribution in [3.05, 3.63) is 52.2 Å². The molecule has 0 saturated carbocycles. The van der Waals surface area contributed by atoms with Gasteiger partial charge >= 0.3 is 5.97 Å². The largest absolute Gasteiger partial charge is 0.479 e. The van der Waals surface area contributed by atoms with Gasteiger partial charge in [0, 0.05) is 6.20 Å². The van der Waals surface area contributed by atoms with E-state index in [1.807, 2.05) is 5.48 Å². The third-order valence-electron chi connectivity index (χ3n) is 2.99. The van der Waals surface area contributed by atoms with E-state index in [2.05, 4.69) is 15.1 Å². The lowest BCUT2D eigenvalue weighted by Crippen LogP contribution is -2.27. The fourth-order valence-electron chi connectivity index (χ4n) is 1.87. The number of pyridine rings is 1. The highest BCUT2D eigenvalue weighted by atomic mass is 35.5. The molecule has 1 heterocycles. The second-order valence-electron chi connectivity index (χ2n) is 4.84. The molecule has 132 valence electrons. The second kappa shape index (κ2) is 7.86. The highest BCUT2D eigenvalue weighted by Crippen LogP contribution is 2.27. The van der Waals surface area contributed by atoms with Gasteiger partial charge in [0.05, 0.1) is 16.3 Å². The average Bonchev–Trinajstić information content (AvgIpc) is 2.53. The number of carbonyl (C=O) groups excluding carboxylic acids is 1. The SMILES string of the molecule is Cc1cc(Cl)cnc1Nc1c(C(=O)NOCC(=O)O)ccc(F)c1F. The molecule has 3 N–H and O–H groups in total. The van der Waals surface area contributed by atoms with Crippen LogP contribution >= 0.6 is 11.6 Å². The van der Waals surface area contributed by atoms with Gasteiger partial charge in [0.2, 0.25) is 0 Å². The molecule has 0 radical (unpaired) electrons. The maximum absolute atomic E-state index is 14.2. The molecule has 1 aromatic carbocycles. The van der Waals surface area contributed by atoms with Gasteiger partial charge < -0.3 is 10.4 Å². The summed E-state index contributed by atoms with van der Waals surface area (Å²) in [4.78, 5) is 30.8. The van der Waals surface area contributed by atoms with Crippen molar-refractivity contribution in [1.29, 1.82) is 0 Å². The van der Waals surface area contributed by atoms with Gasteiger partial charge in [-0.3, -0.25) is 9.63 Å². The number of amides is 1. The van der Waals surface area contributed by atoms with Crippen molar-refractivity contribution in [2.75, 3.05) is 11.9 Å². The number of nitrogens with zero attached hydrogens (tertiary/aromatic N) is 1. The fraction of sp³-hybridized carbons (Fsp3) is 0.133. The Kier molecular flexibility index (Phi) is 5.84. The number of aryl methyl sites for hydroxylation is 1. The average molecular weight is 372 g/mol. The number of hydrogen-bond donors (Lipinski definition) is 3. The third kappa shape index (κ3) is 4.61. The molecule has 2 rings (SSSR count). The van der Waals surface area contributed by atoms with E-state index in [9.17, 15) is 18.4 Å². The van der Waals surface area contributed by atoms with Gasteiger partial charge in [0.25, 0.3) is 5.91 Å². The molecule has 0 atom stereocenters. The number of benzene rings is 1. The summed E-state index contributed by atoms with van der Waals surface area (Å²) in [6.45, 7) is 0.837. The number of nitrogens with one attached hydrogen (secondary N) is 2. The molecular weight excluding hydrogens is 360 g/mol. The summed E-state index contributed by atoms with van der Waals surface area (Å²) in [6, 6.07) is 3.32. The minimum absolute atomic E-state index is 0.161. The lowest BCUT2D eigenvalue weighted by molar-refractivity contribution is -0.144. The van der Waals surface area contributed by atoms with E-state index < -0.39 is 35.8 Å². The number of aliphatic carboxylic acids is 1. The highest BCUT2D eigenvalue weighted by molar-refractivity contribution is 6.30. The topological polar surface area (TPSA) is 101 Å². The Labute approximate surface area is 145 Å². The number of carboxylic acids is 1. The quantitative estimate of drug-likeness (QED) is 0.675. The number of rotatable bonds is 6. The van der Waals surface area contributed by atoms with Crippen LogP contribution < -0.4 is 10.8 Å².